The van der Waals surface area contributed by atoms with Crippen molar-refractivity contribution in [1.29, 1.82) is 0 Å². The SMILES string of the molecule is CC1(C)C2=C(C(=O)CC=C2)C(C)(C=O)C1(C)C. The minimum Gasteiger partial charge on any atom is -0.302 e. The summed E-state index contributed by atoms with van der Waals surface area (Å²) in [6, 6.07) is 0. The number of carbonyl (C=O) groups is 2. The van der Waals surface area contributed by atoms with Gasteiger partial charge in [0.2, 0.25) is 0 Å². The van der Waals surface area contributed by atoms with Crippen LogP contribution >= 0.6 is 0 Å². The third kappa shape index (κ3) is 1.16. The first-order chi connectivity index (χ1) is 7.70. The molecule has 0 aromatic heterocycles. The predicted octanol–water partition coefficient (Wildman–Crippen LogP) is 3.08. The first-order valence-corrected chi connectivity index (χ1v) is 6.11. The Labute approximate surface area is 103 Å². The Morgan fingerprint density at radius 1 is 1.18 bits per heavy atom. The minimum absolute atomic E-state index is 0.107. The van der Waals surface area contributed by atoms with E-state index in [1.54, 1.807) is 0 Å². The van der Waals surface area contributed by atoms with Crippen molar-refractivity contribution in [3.8, 4) is 0 Å². The van der Waals surface area contributed by atoms with Gasteiger partial charge in [-0.2, -0.15) is 0 Å². The molecule has 0 aromatic rings. The summed E-state index contributed by atoms with van der Waals surface area (Å²) in [5, 5.41) is 0. The number of ketones is 1. The van der Waals surface area contributed by atoms with E-state index >= 15 is 0 Å². The van der Waals surface area contributed by atoms with E-state index in [2.05, 4.69) is 27.7 Å². The Morgan fingerprint density at radius 2 is 1.76 bits per heavy atom. The molecule has 2 aliphatic rings. The zero-order valence-electron chi connectivity index (χ0n) is 11.3. The minimum atomic E-state index is -0.673. The van der Waals surface area contributed by atoms with Gasteiger partial charge in [-0.25, -0.2) is 0 Å². The monoisotopic (exact) mass is 232 g/mol. The standard InChI is InChI=1S/C15H20O2/c1-13(2)10-7-6-8-11(17)12(10)15(5,9-16)14(13,3)4/h6-7,9H,8H2,1-5H3. The van der Waals surface area contributed by atoms with Gasteiger partial charge in [0.25, 0.3) is 0 Å². The van der Waals surface area contributed by atoms with E-state index in [0.29, 0.717) is 6.42 Å². The van der Waals surface area contributed by atoms with E-state index in [1.807, 2.05) is 19.1 Å². The summed E-state index contributed by atoms with van der Waals surface area (Å²) in [6.07, 6.45) is 5.34. The molecular weight excluding hydrogens is 212 g/mol. The summed E-state index contributed by atoms with van der Waals surface area (Å²) < 4.78 is 0. The van der Waals surface area contributed by atoms with Crippen LogP contribution in [0.2, 0.25) is 0 Å². The third-order valence-corrected chi connectivity index (χ3v) is 5.43. The van der Waals surface area contributed by atoms with Crippen LogP contribution in [0.5, 0.6) is 0 Å². The molecule has 0 radical (unpaired) electrons. The van der Waals surface area contributed by atoms with Gasteiger partial charge in [0, 0.05) is 12.0 Å². The maximum atomic E-state index is 12.2. The van der Waals surface area contributed by atoms with Crippen molar-refractivity contribution in [2.45, 2.75) is 41.0 Å². The maximum Gasteiger partial charge on any atom is 0.163 e. The van der Waals surface area contributed by atoms with E-state index < -0.39 is 5.41 Å². The fraction of sp³-hybridized carbons (Fsp3) is 0.600. The van der Waals surface area contributed by atoms with Crippen molar-refractivity contribution >= 4 is 12.1 Å². The van der Waals surface area contributed by atoms with E-state index in [1.165, 1.54) is 0 Å². The molecular formula is C15H20O2. The van der Waals surface area contributed by atoms with E-state index in [4.69, 9.17) is 0 Å². The Kier molecular flexibility index (Phi) is 2.30. The molecule has 0 fully saturated rings. The largest absolute Gasteiger partial charge is 0.302 e. The summed E-state index contributed by atoms with van der Waals surface area (Å²) in [5.74, 6) is 0.107. The highest BCUT2D eigenvalue weighted by Gasteiger charge is 2.61. The van der Waals surface area contributed by atoms with E-state index in [9.17, 15) is 9.59 Å². The molecule has 92 valence electrons. The molecule has 0 spiro atoms. The number of rotatable bonds is 1. The fourth-order valence-electron chi connectivity index (χ4n) is 3.21. The highest BCUT2D eigenvalue weighted by Crippen LogP contribution is 2.65. The summed E-state index contributed by atoms with van der Waals surface area (Å²) >= 11 is 0. The number of hydrogen-bond donors (Lipinski definition) is 0. The second kappa shape index (κ2) is 3.18. The zero-order valence-corrected chi connectivity index (χ0v) is 11.3. The van der Waals surface area contributed by atoms with Gasteiger partial charge in [-0.3, -0.25) is 4.79 Å². The summed E-state index contributed by atoms with van der Waals surface area (Å²) in [5.41, 5.74) is 0.702. The predicted molar refractivity (Wildman–Crippen MR) is 67.5 cm³/mol. The van der Waals surface area contributed by atoms with E-state index in [0.717, 1.165) is 17.4 Å². The molecule has 0 N–H and O–H groups in total. The molecule has 0 aromatic carbocycles. The number of carbonyl (C=O) groups excluding carboxylic acids is 2. The molecule has 0 saturated heterocycles. The molecule has 0 amide bonds. The van der Waals surface area contributed by atoms with Crippen LogP contribution in [0.25, 0.3) is 0 Å². The van der Waals surface area contributed by atoms with Crippen molar-refractivity contribution in [1.82, 2.24) is 0 Å². The quantitative estimate of drug-likeness (QED) is 0.651. The molecule has 0 saturated carbocycles. The highest BCUT2D eigenvalue weighted by atomic mass is 16.1. The van der Waals surface area contributed by atoms with Crippen molar-refractivity contribution in [2.24, 2.45) is 16.2 Å². The second-order valence-corrected chi connectivity index (χ2v) is 6.39. The zero-order chi connectivity index (χ0) is 13.1. The van der Waals surface area contributed by atoms with Crippen LogP contribution in [0.4, 0.5) is 0 Å². The van der Waals surface area contributed by atoms with Gasteiger partial charge < -0.3 is 4.79 Å². The van der Waals surface area contributed by atoms with Gasteiger partial charge in [-0.05, 0) is 23.3 Å². The van der Waals surface area contributed by atoms with Crippen LogP contribution < -0.4 is 0 Å². The lowest BCUT2D eigenvalue weighted by molar-refractivity contribution is -0.125. The van der Waals surface area contributed by atoms with E-state index in [-0.39, 0.29) is 16.6 Å². The normalized spacial score (nSPS) is 33.8. The van der Waals surface area contributed by atoms with Crippen molar-refractivity contribution in [3.05, 3.63) is 23.3 Å². The topological polar surface area (TPSA) is 34.1 Å². The van der Waals surface area contributed by atoms with Gasteiger partial charge in [0.1, 0.15) is 6.29 Å². The average Bonchev–Trinajstić information content (AvgIpc) is 2.37. The molecule has 2 rings (SSSR count). The van der Waals surface area contributed by atoms with Crippen molar-refractivity contribution in [3.63, 3.8) is 0 Å². The van der Waals surface area contributed by atoms with Crippen molar-refractivity contribution in [2.75, 3.05) is 0 Å². The lowest BCUT2D eigenvalue weighted by atomic mass is 9.57. The lowest BCUT2D eigenvalue weighted by Gasteiger charge is -2.44. The Bertz CT molecular complexity index is 463. The third-order valence-electron chi connectivity index (χ3n) is 5.43. The van der Waals surface area contributed by atoms with Gasteiger partial charge in [0.15, 0.2) is 5.78 Å². The first kappa shape index (κ1) is 12.3. The van der Waals surface area contributed by atoms with Gasteiger partial charge in [-0.15, -0.1) is 0 Å². The van der Waals surface area contributed by atoms with Gasteiger partial charge >= 0.3 is 0 Å². The molecule has 1 unspecified atom stereocenters. The van der Waals surface area contributed by atoms with Crippen LogP contribution in [-0.4, -0.2) is 12.1 Å². The second-order valence-electron chi connectivity index (χ2n) is 6.39. The molecule has 2 nitrogen and oxygen atoms in total. The molecule has 2 heteroatoms. The number of Topliss-reactive ketones (excluding diaryl/α,β-unsaturated/α-hetero) is 1. The van der Waals surface area contributed by atoms with Crippen LogP contribution in [0.15, 0.2) is 23.3 Å². The molecule has 0 aliphatic heterocycles. The molecule has 0 bridgehead atoms. The highest BCUT2D eigenvalue weighted by molar-refractivity contribution is 6.04. The van der Waals surface area contributed by atoms with Gasteiger partial charge in [0.05, 0.1) is 5.41 Å². The Balaban J connectivity index is 2.79. The Hall–Kier alpha value is -1.18. The fourth-order valence-corrected chi connectivity index (χ4v) is 3.21. The summed E-state index contributed by atoms with van der Waals surface area (Å²) in [6.45, 7) is 10.3. The Morgan fingerprint density at radius 3 is 2.29 bits per heavy atom. The van der Waals surface area contributed by atoms with Crippen LogP contribution in [0.3, 0.4) is 0 Å². The van der Waals surface area contributed by atoms with Gasteiger partial charge in [-0.1, -0.05) is 39.8 Å². The number of aldehydes is 1. The molecule has 17 heavy (non-hydrogen) atoms. The van der Waals surface area contributed by atoms with Crippen LogP contribution in [-0.2, 0) is 9.59 Å². The van der Waals surface area contributed by atoms with Crippen molar-refractivity contribution < 1.29 is 9.59 Å². The molecule has 2 aliphatic carbocycles. The average molecular weight is 232 g/mol. The van der Waals surface area contributed by atoms with Crippen LogP contribution in [0.1, 0.15) is 41.0 Å². The summed E-state index contributed by atoms with van der Waals surface area (Å²) in [7, 11) is 0. The molecule has 1 atom stereocenters. The lowest BCUT2D eigenvalue weighted by Crippen LogP contribution is -2.43. The molecule has 0 heterocycles. The smallest absolute Gasteiger partial charge is 0.163 e. The number of allylic oxidation sites excluding steroid dienone is 4. The van der Waals surface area contributed by atoms with Crippen LogP contribution in [0, 0.1) is 16.2 Å². The first-order valence-electron chi connectivity index (χ1n) is 6.11. The number of hydrogen-bond acceptors (Lipinski definition) is 2. The maximum absolute atomic E-state index is 12.2. The summed E-state index contributed by atoms with van der Waals surface area (Å²) in [4.78, 5) is 23.8.